The smallest absolute Gasteiger partial charge is 0.271 e. The van der Waals surface area contributed by atoms with E-state index in [1.165, 1.54) is 6.07 Å². The zero-order chi connectivity index (χ0) is 14.0. The van der Waals surface area contributed by atoms with Gasteiger partial charge in [-0.15, -0.1) is 11.3 Å². The van der Waals surface area contributed by atoms with Gasteiger partial charge in [0.05, 0.1) is 8.81 Å². The van der Waals surface area contributed by atoms with E-state index in [9.17, 15) is 8.42 Å². The molecule has 0 saturated carbocycles. The summed E-state index contributed by atoms with van der Waals surface area (Å²) in [4.78, 5) is 0. The average molecular weight is 382 g/mol. The third-order valence-electron chi connectivity index (χ3n) is 2.30. The molecule has 0 aliphatic rings. The van der Waals surface area contributed by atoms with Gasteiger partial charge in [0.25, 0.3) is 10.0 Å². The minimum Gasteiger partial charge on any atom is -0.326 e. The predicted molar refractivity (Wildman–Crippen MR) is 82.2 cm³/mol. The number of nitrogens with one attached hydrogen (secondary N) is 1. The summed E-state index contributed by atoms with van der Waals surface area (Å²) in [5.41, 5.74) is 6.85. The molecule has 0 spiro atoms. The molecule has 19 heavy (non-hydrogen) atoms. The fourth-order valence-electron chi connectivity index (χ4n) is 1.43. The lowest BCUT2D eigenvalue weighted by Gasteiger charge is -2.07. The summed E-state index contributed by atoms with van der Waals surface area (Å²) >= 11 is 10.1. The number of hydrogen-bond donors (Lipinski definition) is 2. The molecule has 0 saturated heterocycles. The Morgan fingerprint density at radius 2 is 2.11 bits per heavy atom. The Kier molecular flexibility index (Phi) is 4.52. The Morgan fingerprint density at radius 1 is 1.37 bits per heavy atom. The molecule has 0 atom stereocenters. The van der Waals surface area contributed by atoms with Crippen LogP contribution in [0.5, 0.6) is 0 Å². The van der Waals surface area contributed by atoms with E-state index in [-0.39, 0.29) is 4.21 Å². The summed E-state index contributed by atoms with van der Waals surface area (Å²) in [5, 5.41) is 0.376. The van der Waals surface area contributed by atoms with Gasteiger partial charge in [-0.25, -0.2) is 8.42 Å². The molecule has 1 aromatic carbocycles. The summed E-state index contributed by atoms with van der Waals surface area (Å²) in [6.07, 6.45) is 0. The van der Waals surface area contributed by atoms with E-state index in [0.29, 0.717) is 21.0 Å². The van der Waals surface area contributed by atoms with Crippen LogP contribution in [0, 0.1) is 0 Å². The molecule has 0 aliphatic heterocycles. The fourth-order valence-corrected chi connectivity index (χ4v) is 4.87. The van der Waals surface area contributed by atoms with Crippen molar-refractivity contribution < 1.29 is 8.42 Å². The first-order valence-corrected chi connectivity index (χ1v) is 8.66. The number of halogens is 2. The highest BCUT2D eigenvalue weighted by Gasteiger charge is 2.19. The topological polar surface area (TPSA) is 72.2 Å². The van der Waals surface area contributed by atoms with Crippen LogP contribution in [0.4, 0.5) is 5.69 Å². The van der Waals surface area contributed by atoms with Crippen molar-refractivity contribution in [1.29, 1.82) is 0 Å². The molecule has 0 radical (unpaired) electrons. The molecule has 0 aliphatic carbocycles. The third kappa shape index (κ3) is 3.49. The maximum atomic E-state index is 12.2. The quantitative estimate of drug-likeness (QED) is 0.852. The summed E-state index contributed by atoms with van der Waals surface area (Å²) < 4.78 is 27.6. The van der Waals surface area contributed by atoms with E-state index < -0.39 is 10.0 Å². The summed E-state index contributed by atoms with van der Waals surface area (Å²) in [7, 11) is -3.63. The highest BCUT2D eigenvalue weighted by molar-refractivity contribution is 9.11. The number of hydrogen-bond acceptors (Lipinski definition) is 4. The van der Waals surface area contributed by atoms with Gasteiger partial charge in [-0.1, -0.05) is 23.7 Å². The predicted octanol–water partition coefficient (Wildman–Crippen LogP) is 3.42. The molecule has 102 valence electrons. The van der Waals surface area contributed by atoms with Gasteiger partial charge in [0.2, 0.25) is 0 Å². The molecule has 2 rings (SSSR count). The second-order valence-electron chi connectivity index (χ2n) is 3.70. The first kappa shape index (κ1) is 14.8. The van der Waals surface area contributed by atoms with Crippen LogP contribution in [-0.4, -0.2) is 8.42 Å². The SMILES string of the molecule is NCc1cccc(NS(=O)(=O)c2cc(Cl)c(Br)s2)c1. The molecular formula is C11H10BrClN2O2S2. The lowest BCUT2D eigenvalue weighted by Crippen LogP contribution is -2.11. The highest BCUT2D eigenvalue weighted by Crippen LogP contribution is 2.35. The van der Waals surface area contributed by atoms with Gasteiger partial charge in [-0.2, -0.15) is 0 Å². The number of thiophene rings is 1. The van der Waals surface area contributed by atoms with Crippen molar-refractivity contribution in [3.63, 3.8) is 0 Å². The van der Waals surface area contributed by atoms with Crippen molar-refractivity contribution in [2.24, 2.45) is 5.73 Å². The molecule has 3 N–H and O–H groups in total. The van der Waals surface area contributed by atoms with E-state index in [2.05, 4.69) is 20.7 Å². The van der Waals surface area contributed by atoms with Crippen molar-refractivity contribution in [3.05, 3.63) is 44.7 Å². The van der Waals surface area contributed by atoms with Crippen LogP contribution in [0.3, 0.4) is 0 Å². The zero-order valence-corrected chi connectivity index (χ0v) is 13.5. The van der Waals surface area contributed by atoms with Gasteiger partial charge in [0.15, 0.2) is 0 Å². The van der Waals surface area contributed by atoms with Crippen molar-refractivity contribution in [2.45, 2.75) is 10.8 Å². The largest absolute Gasteiger partial charge is 0.326 e. The molecule has 0 amide bonds. The van der Waals surface area contributed by atoms with Crippen molar-refractivity contribution in [3.8, 4) is 0 Å². The summed E-state index contributed by atoms with van der Waals surface area (Å²) in [5.74, 6) is 0. The monoisotopic (exact) mass is 380 g/mol. The van der Waals surface area contributed by atoms with E-state index in [0.717, 1.165) is 16.9 Å². The van der Waals surface area contributed by atoms with Crippen LogP contribution < -0.4 is 10.5 Å². The number of anilines is 1. The molecule has 0 unspecified atom stereocenters. The lowest BCUT2D eigenvalue weighted by molar-refractivity contribution is 0.603. The van der Waals surface area contributed by atoms with Gasteiger partial charge in [0.1, 0.15) is 4.21 Å². The molecule has 2 aromatic rings. The summed E-state index contributed by atoms with van der Waals surface area (Å²) in [6, 6.07) is 8.35. The minimum absolute atomic E-state index is 0.155. The van der Waals surface area contributed by atoms with Gasteiger partial charge < -0.3 is 5.73 Å². The maximum absolute atomic E-state index is 12.2. The molecule has 1 aromatic heterocycles. The van der Waals surface area contributed by atoms with Gasteiger partial charge >= 0.3 is 0 Å². The van der Waals surface area contributed by atoms with Crippen LogP contribution in [0.15, 0.2) is 38.3 Å². The molecule has 8 heteroatoms. The zero-order valence-electron chi connectivity index (χ0n) is 9.56. The number of benzene rings is 1. The van der Waals surface area contributed by atoms with Crippen LogP contribution in [0.1, 0.15) is 5.56 Å². The van der Waals surface area contributed by atoms with E-state index >= 15 is 0 Å². The van der Waals surface area contributed by atoms with Crippen LogP contribution in [0.25, 0.3) is 0 Å². The Labute approximate surface area is 128 Å². The average Bonchev–Trinajstić information content (AvgIpc) is 2.70. The van der Waals surface area contributed by atoms with Gasteiger partial charge in [-0.3, -0.25) is 4.72 Å². The van der Waals surface area contributed by atoms with Crippen molar-refractivity contribution in [1.82, 2.24) is 0 Å². The van der Waals surface area contributed by atoms with Crippen LogP contribution in [0.2, 0.25) is 5.02 Å². The van der Waals surface area contributed by atoms with Gasteiger partial charge in [0, 0.05) is 12.2 Å². The van der Waals surface area contributed by atoms with Crippen molar-refractivity contribution in [2.75, 3.05) is 4.72 Å². The van der Waals surface area contributed by atoms with E-state index in [1.807, 2.05) is 6.07 Å². The Hall–Kier alpha value is -0.600. The molecular weight excluding hydrogens is 372 g/mol. The van der Waals surface area contributed by atoms with Gasteiger partial charge in [-0.05, 0) is 39.7 Å². The van der Waals surface area contributed by atoms with E-state index in [1.54, 1.807) is 18.2 Å². The van der Waals surface area contributed by atoms with Crippen LogP contribution in [-0.2, 0) is 16.6 Å². The minimum atomic E-state index is -3.63. The first-order chi connectivity index (χ1) is 8.92. The van der Waals surface area contributed by atoms with E-state index in [4.69, 9.17) is 17.3 Å². The molecule has 0 fully saturated rings. The molecule has 4 nitrogen and oxygen atoms in total. The molecule has 1 heterocycles. The fraction of sp³-hybridized carbons (Fsp3) is 0.0909. The maximum Gasteiger partial charge on any atom is 0.271 e. The Balaban J connectivity index is 2.30. The van der Waals surface area contributed by atoms with Crippen molar-refractivity contribution >= 4 is 54.6 Å². The Morgan fingerprint density at radius 3 is 2.68 bits per heavy atom. The second kappa shape index (κ2) is 5.80. The normalized spacial score (nSPS) is 11.5. The third-order valence-corrected chi connectivity index (χ3v) is 6.63. The molecule has 0 bridgehead atoms. The standard InChI is InChI=1S/C11H10BrClN2O2S2/c12-11-9(13)5-10(18-11)19(16,17)15-8-3-1-2-7(4-8)6-14/h1-5,15H,6,14H2. The number of rotatable bonds is 4. The lowest BCUT2D eigenvalue weighted by atomic mass is 10.2. The number of sulfonamides is 1. The second-order valence-corrected chi connectivity index (χ2v) is 8.38. The first-order valence-electron chi connectivity index (χ1n) is 5.19. The highest BCUT2D eigenvalue weighted by atomic mass is 79.9. The Bertz CT molecular complexity index is 681. The number of nitrogens with two attached hydrogens (primary N) is 1. The summed E-state index contributed by atoms with van der Waals surface area (Å²) in [6.45, 7) is 0.353. The van der Waals surface area contributed by atoms with Crippen LogP contribution >= 0.6 is 38.9 Å².